The van der Waals surface area contributed by atoms with E-state index in [1.807, 2.05) is 42.5 Å². The van der Waals surface area contributed by atoms with Crippen LogP contribution in [0, 0.1) is 17.0 Å². The Hall–Kier alpha value is -3.34. The Morgan fingerprint density at radius 3 is 2.52 bits per heavy atom. The molecule has 0 aromatic heterocycles. The number of nitrogens with zero attached hydrogens (tertiary/aromatic N) is 1. The SMILES string of the molecule is CN1C(=N)C(c2cccc(F)c2F)C(=O)C1=Cc1cccc2ccccc12. The molecule has 4 rings (SSSR count). The lowest BCUT2D eigenvalue weighted by atomic mass is 9.94. The van der Waals surface area contributed by atoms with Crippen molar-refractivity contribution in [2.45, 2.75) is 5.92 Å². The molecule has 27 heavy (non-hydrogen) atoms. The molecule has 1 saturated heterocycles. The number of amidine groups is 1. The second-order valence-corrected chi connectivity index (χ2v) is 6.48. The molecule has 3 aromatic carbocycles. The van der Waals surface area contributed by atoms with Gasteiger partial charge in [0.05, 0.1) is 5.70 Å². The zero-order valence-electron chi connectivity index (χ0n) is 14.5. The van der Waals surface area contributed by atoms with E-state index in [1.54, 1.807) is 13.1 Å². The normalized spacial score (nSPS) is 18.7. The molecular formula is C22H16F2N2O. The van der Waals surface area contributed by atoms with Gasteiger partial charge in [0.15, 0.2) is 17.4 Å². The average molecular weight is 362 g/mol. The molecule has 0 saturated carbocycles. The lowest BCUT2D eigenvalue weighted by Gasteiger charge is -2.14. The number of ketones is 1. The number of fused-ring (bicyclic) bond motifs is 1. The first kappa shape index (κ1) is 17.1. The summed E-state index contributed by atoms with van der Waals surface area (Å²) in [5, 5.41) is 10.3. The van der Waals surface area contributed by atoms with Crippen LogP contribution in [0.4, 0.5) is 8.78 Å². The number of hydrogen-bond acceptors (Lipinski definition) is 2. The lowest BCUT2D eigenvalue weighted by molar-refractivity contribution is -0.115. The molecule has 5 heteroatoms. The molecule has 1 aliphatic rings. The second-order valence-electron chi connectivity index (χ2n) is 6.48. The molecule has 1 unspecified atom stereocenters. The summed E-state index contributed by atoms with van der Waals surface area (Å²) >= 11 is 0. The van der Waals surface area contributed by atoms with E-state index in [0.717, 1.165) is 22.4 Å². The van der Waals surface area contributed by atoms with Gasteiger partial charge in [-0.3, -0.25) is 10.2 Å². The maximum Gasteiger partial charge on any atom is 0.194 e. The van der Waals surface area contributed by atoms with Crippen molar-refractivity contribution >= 4 is 28.5 Å². The number of halogens is 2. The van der Waals surface area contributed by atoms with E-state index in [2.05, 4.69) is 0 Å². The van der Waals surface area contributed by atoms with Gasteiger partial charge in [-0.2, -0.15) is 0 Å². The molecule has 1 N–H and O–H groups in total. The van der Waals surface area contributed by atoms with E-state index in [9.17, 15) is 13.6 Å². The zero-order valence-corrected chi connectivity index (χ0v) is 14.5. The summed E-state index contributed by atoms with van der Waals surface area (Å²) in [6.07, 6.45) is 1.70. The lowest BCUT2D eigenvalue weighted by Crippen LogP contribution is -2.21. The van der Waals surface area contributed by atoms with Gasteiger partial charge in [0.2, 0.25) is 0 Å². The van der Waals surface area contributed by atoms with E-state index in [1.165, 1.54) is 17.0 Å². The largest absolute Gasteiger partial charge is 0.330 e. The fourth-order valence-corrected chi connectivity index (χ4v) is 3.48. The summed E-state index contributed by atoms with van der Waals surface area (Å²) in [6, 6.07) is 17.2. The average Bonchev–Trinajstić information content (AvgIpc) is 2.88. The van der Waals surface area contributed by atoms with E-state index in [0.29, 0.717) is 0 Å². The molecule has 0 amide bonds. The molecule has 0 aliphatic carbocycles. The quantitative estimate of drug-likeness (QED) is 0.670. The number of Topliss-reactive ketones (excluding diaryl/α,β-unsaturated/α-hetero) is 1. The van der Waals surface area contributed by atoms with Crippen molar-refractivity contribution in [2.24, 2.45) is 0 Å². The van der Waals surface area contributed by atoms with Gasteiger partial charge >= 0.3 is 0 Å². The van der Waals surface area contributed by atoms with Crippen molar-refractivity contribution in [3.8, 4) is 0 Å². The molecule has 3 aromatic rings. The van der Waals surface area contributed by atoms with Crippen LogP contribution in [-0.4, -0.2) is 23.6 Å². The molecule has 0 spiro atoms. The topological polar surface area (TPSA) is 44.2 Å². The van der Waals surface area contributed by atoms with E-state index >= 15 is 0 Å². The number of likely N-dealkylation sites (N-methyl/N-ethyl adjacent to an activating group) is 1. The molecule has 1 fully saturated rings. The zero-order chi connectivity index (χ0) is 19.1. The van der Waals surface area contributed by atoms with Crippen LogP contribution in [0.2, 0.25) is 0 Å². The van der Waals surface area contributed by atoms with Gasteiger partial charge in [-0.1, -0.05) is 54.6 Å². The fourth-order valence-electron chi connectivity index (χ4n) is 3.48. The Labute approximate surface area is 155 Å². The van der Waals surface area contributed by atoms with Gasteiger partial charge in [-0.15, -0.1) is 0 Å². The van der Waals surface area contributed by atoms with Crippen molar-refractivity contribution in [1.82, 2.24) is 4.90 Å². The van der Waals surface area contributed by atoms with Crippen LogP contribution in [0.25, 0.3) is 16.8 Å². The molecule has 0 bridgehead atoms. The number of benzene rings is 3. The van der Waals surface area contributed by atoms with Gasteiger partial charge in [0, 0.05) is 12.6 Å². The summed E-state index contributed by atoms with van der Waals surface area (Å²) in [7, 11) is 1.59. The number of likely N-dealkylation sites (tertiary alicyclic amines) is 1. The fraction of sp³-hybridized carbons (Fsp3) is 0.0909. The van der Waals surface area contributed by atoms with Crippen molar-refractivity contribution in [3.63, 3.8) is 0 Å². The number of carbonyl (C=O) groups is 1. The Morgan fingerprint density at radius 2 is 1.70 bits per heavy atom. The van der Waals surface area contributed by atoms with Crippen molar-refractivity contribution in [3.05, 3.63) is 89.1 Å². The molecule has 0 radical (unpaired) electrons. The van der Waals surface area contributed by atoms with Crippen LogP contribution in [0.3, 0.4) is 0 Å². The van der Waals surface area contributed by atoms with E-state index in [-0.39, 0.29) is 17.1 Å². The summed E-state index contributed by atoms with van der Waals surface area (Å²) in [5.74, 6) is -3.74. The highest BCUT2D eigenvalue weighted by atomic mass is 19.2. The van der Waals surface area contributed by atoms with Crippen LogP contribution < -0.4 is 0 Å². The number of nitrogens with one attached hydrogen (secondary N) is 1. The molecule has 1 aliphatic heterocycles. The molecule has 1 heterocycles. The van der Waals surface area contributed by atoms with Crippen LogP contribution >= 0.6 is 0 Å². The minimum atomic E-state index is -1.15. The Balaban J connectivity index is 1.83. The summed E-state index contributed by atoms with van der Waals surface area (Å²) < 4.78 is 27.8. The Kier molecular flexibility index (Phi) is 4.07. The van der Waals surface area contributed by atoms with Gasteiger partial charge in [-0.05, 0) is 28.5 Å². The van der Waals surface area contributed by atoms with Crippen molar-refractivity contribution in [1.29, 1.82) is 5.41 Å². The van der Waals surface area contributed by atoms with Gasteiger partial charge < -0.3 is 4.90 Å². The Bertz CT molecular complexity index is 1120. The van der Waals surface area contributed by atoms with Crippen molar-refractivity contribution in [2.75, 3.05) is 7.05 Å². The summed E-state index contributed by atoms with van der Waals surface area (Å²) in [5.41, 5.74) is 1.000. The molecule has 1 atom stereocenters. The third-order valence-electron chi connectivity index (χ3n) is 4.92. The summed E-state index contributed by atoms with van der Waals surface area (Å²) in [6.45, 7) is 0. The maximum atomic E-state index is 14.2. The maximum absolute atomic E-state index is 14.2. The number of hydrogen-bond donors (Lipinski definition) is 1. The number of carbonyl (C=O) groups excluding carboxylic acids is 1. The molecular weight excluding hydrogens is 346 g/mol. The van der Waals surface area contributed by atoms with Crippen LogP contribution in [-0.2, 0) is 4.79 Å². The third-order valence-corrected chi connectivity index (χ3v) is 4.92. The Morgan fingerprint density at radius 1 is 1.00 bits per heavy atom. The second kappa shape index (κ2) is 6.43. The smallest absolute Gasteiger partial charge is 0.194 e. The predicted molar refractivity (Wildman–Crippen MR) is 102 cm³/mol. The minimum Gasteiger partial charge on any atom is -0.330 e. The third kappa shape index (κ3) is 2.72. The molecule has 3 nitrogen and oxygen atoms in total. The standard InChI is InChI=1S/C22H16F2N2O/c1-26-18(12-14-8-4-7-13-6-2-3-9-15(13)14)21(27)19(22(26)25)16-10-5-11-17(23)20(16)24/h2-12,19,25H,1H3. The first-order valence-electron chi connectivity index (χ1n) is 8.49. The minimum absolute atomic E-state index is 0.0732. The summed E-state index contributed by atoms with van der Waals surface area (Å²) in [4.78, 5) is 14.4. The highest BCUT2D eigenvalue weighted by molar-refractivity contribution is 6.23. The van der Waals surface area contributed by atoms with E-state index in [4.69, 9.17) is 5.41 Å². The highest BCUT2D eigenvalue weighted by Gasteiger charge is 2.41. The van der Waals surface area contributed by atoms with Gasteiger partial charge in [0.1, 0.15) is 11.8 Å². The van der Waals surface area contributed by atoms with E-state index < -0.39 is 23.3 Å². The highest BCUT2D eigenvalue weighted by Crippen LogP contribution is 2.35. The van der Waals surface area contributed by atoms with Crippen LogP contribution in [0.5, 0.6) is 0 Å². The molecule has 134 valence electrons. The predicted octanol–water partition coefficient (Wildman–Crippen LogP) is 4.73. The number of allylic oxidation sites excluding steroid dienone is 1. The van der Waals surface area contributed by atoms with Gasteiger partial charge in [0.25, 0.3) is 0 Å². The van der Waals surface area contributed by atoms with Crippen LogP contribution in [0.15, 0.2) is 66.4 Å². The monoisotopic (exact) mass is 362 g/mol. The number of rotatable bonds is 2. The van der Waals surface area contributed by atoms with Gasteiger partial charge in [-0.25, -0.2) is 8.78 Å². The van der Waals surface area contributed by atoms with Crippen LogP contribution in [0.1, 0.15) is 17.0 Å². The first-order valence-corrected chi connectivity index (χ1v) is 8.49. The first-order chi connectivity index (χ1) is 13.0. The van der Waals surface area contributed by atoms with Crippen molar-refractivity contribution < 1.29 is 13.6 Å².